The summed E-state index contributed by atoms with van der Waals surface area (Å²) in [6.07, 6.45) is 12.0. The first-order valence-corrected chi connectivity index (χ1v) is 11.4. The third-order valence-electron chi connectivity index (χ3n) is 4.58. The van der Waals surface area contributed by atoms with Crippen molar-refractivity contribution in [3.05, 3.63) is 47.4 Å². The van der Waals surface area contributed by atoms with Crippen LogP contribution in [0.3, 0.4) is 0 Å². The number of rotatable bonds is 5. The SMILES string of the molecule is CN(C1=C(c2csc3cnc(Nc4cnn(C)c4)nc23)CCC=C1)S(C)(=O)=O. The van der Waals surface area contributed by atoms with Crippen LogP contribution in [0.15, 0.2) is 41.8 Å². The molecule has 10 heteroatoms. The molecule has 3 aromatic rings. The molecule has 4 rings (SSSR count). The van der Waals surface area contributed by atoms with E-state index in [0.717, 1.165) is 39.9 Å². The number of aromatic nitrogens is 4. The molecule has 1 aliphatic rings. The number of aryl methyl sites for hydroxylation is 1. The largest absolute Gasteiger partial charge is 0.321 e. The second-order valence-corrected chi connectivity index (χ2v) is 9.54. The Labute approximate surface area is 167 Å². The minimum absolute atomic E-state index is 0.477. The van der Waals surface area contributed by atoms with Gasteiger partial charge in [-0.05, 0) is 24.5 Å². The Balaban J connectivity index is 1.80. The molecule has 1 N–H and O–H groups in total. The summed E-state index contributed by atoms with van der Waals surface area (Å²) in [5.41, 5.74) is 4.24. The number of thiophene rings is 1. The van der Waals surface area contributed by atoms with Crippen molar-refractivity contribution in [1.82, 2.24) is 24.1 Å². The Kier molecular flexibility index (Phi) is 4.68. The number of nitrogens with zero attached hydrogens (tertiary/aromatic N) is 5. The number of hydrogen-bond donors (Lipinski definition) is 1. The van der Waals surface area contributed by atoms with Gasteiger partial charge in [0.15, 0.2) is 0 Å². The highest BCUT2D eigenvalue weighted by Gasteiger charge is 2.22. The average molecular weight is 417 g/mol. The quantitative estimate of drug-likeness (QED) is 0.687. The number of allylic oxidation sites excluding steroid dienone is 3. The molecule has 0 unspecified atom stereocenters. The summed E-state index contributed by atoms with van der Waals surface area (Å²) in [4.78, 5) is 9.07. The molecule has 0 saturated carbocycles. The van der Waals surface area contributed by atoms with E-state index in [4.69, 9.17) is 4.98 Å². The van der Waals surface area contributed by atoms with E-state index in [1.807, 2.05) is 30.8 Å². The van der Waals surface area contributed by atoms with E-state index in [-0.39, 0.29) is 0 Å². The normalized spacial score (nSPS) is 14.7. The highest BCUT2D eigenvalue weighted by atomic mass is 32.2. The van der Waals surface area contributed by atoms with Gasteiger partial charge in [-0.3, -0.25) is 8.99 Å². The first kappa shape index (κ1) is 18.6. The van der Waals surface area contributed by atoms with Crippen LogP contribution in [0.2, 0.25) is 0 Å². The van der Waals surface area contributed by atoms with Gasteiger partial charge in [0.25, 0.3) is 0 Å². The lowest BCUT2D eigenvalue weighted by atomic mass is 9.96. The number of sulfonamides is 1. The monoisotopic (exact) mass is 416 g/mol. The first-order valence-electron chi connectivity index (χ1n) is 8.67. The molecule has 0 bridgehead atoms. The zero-order valence-corrected chi connectivity index (χ0v) is 17.4. The lowest BCUT2D eigenvalue weighted by Crippen LogP contribution is -2.25. The number of nitrogens with one attached hydrogen (secondary N) is 1. The summed E-state index contributed by atoms with van der Waals surface area (Å²) in [5, 5.41) is 9.32. The van der Waals surface area contributed by atoms with Gasteiger partial charge in [-0.15, -0.1) is 11.3 Å². The Morgan fingerprint density at radius 1 is 1.32 bits per heavy atom. The van der Waals surface area contributed by atoms with Crippen LogP contribution in [0.4, 0.5) is 11.6 Å². The van der Waals surface area contributed by atoms with E-state index in [1.165, 1.54) is 10.6 Å². The molecule has 0 aliphatic heterocycles. The number of hydrogen-bond acceptors (Lipinski definition) is 7. The first-order chi connectivity index (χ1) is 13.3. The minimum atomic E-state index is -3.35. The summed E-state index contributed by atoms with van der Waals surface area (Å²) >= 11 is 1.55. The van der Waals surface area contributed by atoms with Gasteiger partial charge in [-0.25, -0.2) is 18.4 Å². The van der Waals surface area contributed by atoms with E-state index in [0.29, 0.717) is 11.6 Å². The summed E-state index contributed by atoms with van der Waals surface area (Å²) in [6, 6.07) is 0. The van der Waals surface area contributed by atoms with Crippen molar-refractivity contribution in [2.24, 2.45) is 7.05 Å². The predicted octanol–water partition coefficient (Wildman–Crippen LogP) is 3.12. The zero-order chi connectivity index (χ0) is 19.9. The molecule has 0 fully saturated rings. The molecule has 0 aromatic carbocycles. The molecule has 3 heterocycles. The van der Waals surface area contributed by atoms with Gasteiger partial charge in [0.2, 0.25) is 16.0 Å². The van der Waals surface area contributed by atoms with Crippen molar-refractivity contribution in [2.75, 3.05) is 18.6 Å². The molecule has 146 valence electrons. The van der Waals surface area contributed by atoms with Gasteiger partial charge in [0.1, 0.15) is 0 Å². The van der Waals surface area contributed by atoms with E-state index in [2.05, 4.69) is 15.4 Å². The van der Waals surface area contributed by atoms with Gasteiger partial charge < -0.3 is 5.32 Å². The Morgan fingerprint density at radius 2 is 2.14 bits per heavy atom. The average Bonchev–Trinajstić information content (AvgIpc) is 3.26. The van der Waals surface area contributed by atoms with Crippen LogP contribution < -0.4 is 5.32 Å². The van der Waals surface area contributed by atoms with E-state index >= 15 is 0 Å². The maximum Gasteiger partial charge on any atom is 0.232 e. The molecule has 8 nitrogen and oxygen atoms in total. The highest BCUT2D eigenvalue weighted by molar-refractivity contribution is 7.88. The summed E-state index contributed by atoms with van der Waals surface area (Å²) in [5.74, 6) is 0.477. The summed E-state index contributed by atoms with van der Waals surface area (Å²) < 4.78 is 28.2. The molecule has 1 aliphatic carbocycles. The van der Waals surface area contributed by atoms with Crippen molar-refractivity contribution in [1.29, 1.82) is 0 Å². The second kappa shape index (κ2) is 7.02. The molecular formula is C18H20N6O2S2. The zero-order valence-electron chi connectivity index (χ0n) is 15.7. The Hall–Kier alpha value is -2.72. The maximum atomic E-state index is 12.1. The fraction of sp³-hybridized carbons (Fsp3) is 0.278. The predicted molar refractivity (Wildman–Crippen MR) is 112 cm³/mol. The van der Waals surface area contributed by atoms with Crippen LogP contribution in [-0.4, -0.2) is 45.8 Å². The van der Waals surface area contributed by atoms with E-state index < -0.39 is 10.0 Å². The maximum absolute atomic E-state index is 12.1. The van der Waals surface area contributed by atoms with Crippen LogP contribution in [0.25, 0.3) is 15.8 Å². The minimum Gasteiger partial charge on any atom is -0.321 e. The van der Waals surface area contributed by atoms with Crippen LogP contribution >= 0.6 is 11.3 Å². The molecule has 0 amide bonds. The van der Waals surface area contributed by atoms with Crippen molar-refractivity contribution in [3.63, 3.8) is 0 Å². The van der Waals surface area contributed by atoms with Crippen LogP contribution in [0, 0.1) is 0 Å². The lowest BCUT2D eigenvalue weighted by Gasteiger charge is -2.24. The summed E-state index contributed by atoms with van der Waals surface area (Å²) in [6.45, 7) is 0. The molecule has 0 atom stereocenters. The van der Waals surface area contributed by atoms with Crippen molar-refractivity contribution in [3.8, 4) is 0 Å². The van der Waals surface area contributed by atoms with Crippen molar-refractivity contribution in [2.45, 2.75) is 12.8 Å². The topological polar surface area (TPSA) is 93.0 Å². The molecule has 0 spiro atoms. The number of anilines is 2. The number of fused-ring (bicyclic) bond motifs is 1. The Bertz CT molecular complexity index is 1210. The number of likely N-dealkylation sites (N-methyl/N-ethyl adjacent to an activating group) is 1. The van der Waals surface area contributed by atoms with Gasteiger partial charge in [0.05, 0.1) is 40.3 Å². The van der Waals surface area contributed by atoms with Gasteiger partial charge in [-0.2, -0.15) is 5.10 Å². The fourth-order valence-corrected chi connectivity index (χ4v) is 4.52. The van der Waals surface area contributed by atoms with E-state index in [9.17, 15) is 8.42 Å². The standard InChI is InChI=1S/C18H20N6O2S2/c1-23-10-12(8-20-23)21-18-19-9-16-17(22-18)14(11-27-16)13-6-4-5-7-15(13)24(2)28(3,25)26/h5,7-11H,4,6H2,1-3H3,(H,19,21,22). The van der Waals surface area contributed by atoms with Gasteiger partial charge in [0, 0.05) is 31.2 Å². The van der Waals surface area contributed by atoms with Crippen LogP contribution in [0.1, 0.15) is 18.4 Å². The smallest absolute Gasteiger partial charge is 0.232 e. The molecule has 0 radical (unpaired) electrons. The third kappa shape index (κ3) is 3.52. The lowest BCUT2D eigenvalue weighted by molar-refractivity contribution is 0.535. The van der Waals surface area contributed by atoms with Gasteiger partial charge >= 0.3 is 0 Å². The van der Waals surface area contributed by atoms with Gasteiger partial charge in [-0.1, -0.05) is 6.08 Å². The second-order valence-electron chi connectivity index (χ2n) is 6.62. The van der Waals surface area contributed by atoms with Crippen molar-refractivity contribution >= 4 is 48.8 Å². The molecule has 0 saturated heterocycles. The van der Waals surface area contributed by atoms with Crippen LogP contribution in [0.5, 0.6) is 0 Å². The highest BCUT2D eigenvalue weighted by Crippen LogP contribution is 2.37. The van der Waals surface area contributed by atoms with Crippen molar-refractivity contribution < 1.29 is 8.42 Å². The fourth-order valence-electron chi connectivity index (χ4n) is 3.11. The molecule has 28 heavy (non-hydrogen) atoms. The Morgan fingerprint density at radius 3 is 2.86 bits per heavy atom. The van der Waals surface area contributed by atoms with E-state index in [1.54, 1.807) is 35.5 Å². The summed E-state index contributed by atoms with van der Waals surface area (Å²) in [7, 11) is 0.0719. The van der Waals surface area contributed by atoms with Crippen LogP contribution in [-0.2, 0) is 17.1 Å². The molecule has 3 aromatic heterocycles. The molecular weight excluding hydrogens is 396 g/mol. The third-order valence-corrected chi connectivity index (χ3v) is 6.68.